The molecule has 2 heterocycles. The fraction of sp³-hybridized carbons (Fsp3) is 0.0667. The maximum Gasteiger partial charge on any atom is 0.232 e. The normalized spacial score (nSPS) is 10.3. The molecule has 3 rings (SSSR count). The summed E-state index contributed by atoms with van der Waals surface area (Å²) >= 11 is 0. The molecule has 0 unspecified atom stereocenters. The van der Waals surface area contributed by atoms with Crippen molar-refractivity contribution in [2.24, 2.45) is 0 Å². The van der Waals surface area contributed by atoms with Crippen molar-refractivity contribution in [3.63, 3.8) is 0 Å². The molecule has 0 aliphatic carbocycles. The molecule has 5 nitrogen and oxygen atoms in total. The van der Waals surface area contributed by atoms with Crippen molar-refractivity contribution in [2.45, 2.75) is 0 Å². The van der Waals surface area contributed by atoms with Gasteiger partial charge >= 0.3 is 0 Å². The number of rotatable bonds is 4. The fourth-order valence-corrected chi connectivity index (χ4v) is 1.93. The molecule has 0 aliphatic heterocycles. The molecule has 3 aromatic rings. The van der Waals surface area contributed by atoms with Gasteiger partial charge in [-0.25, -0.2) is 0 Å². The van der Waals surface area contributed by atoms with Crippen LogP contribution in [0, 0.1) is 11.3 Å². The lowest BCUT2D eigenvalue weighted by Gasteiger charge is -2.01. The summed E-state index contributed by atoms with van der Waals surface area (Å²) in [4.78, 5) is 12.3. The highest BCUT2D eigenvalue weighted by Gasteiger charge is 2.18. The van der Waals surface area contributed by atoms with Crippen molar-refractivity contribution in [3.8, 4) is 11.8 Å². The van der Waals surface area contributed by atoms with Crippen molar-refractivity contribution in [1.29, 1.82) is 5.26 Å². The molecule has 0 bridgehead atoms. The van der Waals surface area contributed by atoms with Crippen LogP contribution < -0.4 is 4.74 Å². The Hall–Kier alpha value is -3.00. The molecular weight excluding hydrogens is 258 g/mol. The molecule has 1 aromatic carbocycles. The van der Waals surface area contributed by atoms with Gasteiger partial charge in [-0.3, -0.25) is 4.79 Å². The maximum atomic E-state index is 12.3. The van der Waals surface area contributed by atoms with E-state index in [0.717, 1.165) is 0 Å². The topological polar surface area (TPSA) is 76.4 Å². The molecule has 0 fully saturated rings. The quantitative estimate of drug-likeness (QED) is 0.678. The molecule has 0 aliphatic rings. The summed E-state index contributed by atoms with van der Waals surface area (Å²) in [6, 6.07) is 10.2. The maximum absolute atomic E-state index is 12.3. The first-order valence-electron chi connectivity index (χ1n) is 5.89. The largest absolute Gasteiger partial charge is 0.479 e. The summed E-state index contributed by atoms with van der Waals surface area (Å²) in [5.74, 6) is 0.496. The van der Waals surface area contributed by atoms with Gasteiger partial charge in [0.2, 0.25) is 5.78 Å². The lowest BCUT2D eigenvalue weighted by Crippen LogP contribution is -1.98. The second kappa shape index (κ2) is 4.94. The summed E-state index contributed by atoms with van der Waals surface area (Å²) in [5.41, 5.74) is 0.974. The van der Waals surface area contributed by atoms with Gasteiger partial charge in [0.15, 0.2) is 12.4 Å². The third-order valence-corrected chi connectivity index (χ3v) is 2.84. The van der Waals surface area contributed by atoms with Gasteiger partial charge in [0, 0.05) is 5.39 Å². The average Bonchev–Trinajstić information content (AvgIpc) is 3.13. The van der Waals surface area contributed by atoms with Crippen molar-refractivity contribution in [2.75, 3.05) is 6.61 Å². The Bertz CT molecular complexity index is 793. The van der Waals surface area contributed by atoms with Gasteiger partial charge in [0.25, 0.3) is 0 Å². The number of fused-ring (bicyclic) bond motifs is 1. The number of carbonyl (C=O) groups excluding carboxylic acids is 1. The number of ketones is 1. The van der Waals surface area contributed by atoms with E-state index in [-0.39, 0.29) is 18.2 Å². The van der Waals surface area contributed by atoms with Crippen molar-refractivity contribution >= 4 is 16.8 Å². The average molecular weight is 267 g/mol. The lowest BCUT2D eigenvalue weighted by molar-refractivity contribution is 0.101. The summed E-state index contributed by atoms with van der Waals surface area (Å²) in [7, 11) is 0. The van der Waals surface area contributed by atoms with Crippen LogP contribution in [0.4, 0.5) is 0 Å². The van der Waals surface area contributed by atoms with E-state index in [0.29, 0.717) is 22.3 Å². The Labute approximate surface area is 114 Å². The Morgan fingerprint density at radius 3 is 2.95 bits per heavy atom. The molecule has 0 N–H and O–H groups in total. The minimum Gasteiger partial charge on any atom is -0.479 e. The summed E-state index contributed by atoms with van der Waals surface area (Å²) in [5, 5.41) is 9.14. The third kappa shape index (κ3) is 2.04. The summed E-state index contributed by atoms with van der Waals surface area (Å²) in [6.45, 7) is -0.0508. The first-order valence-corrected chi connectivity index (χ1v) is 5.89. The van der Waals surface area contributed by atoms with E-state index >= 15 is 0 Å². The zero-order chi connectivity index (χ0) is 13.9. The highest BCUT2D eigenvalue weighted by atomic mass is 16.5. The van der Waals surface area contributed by atoms with Crippen LogP contribution in [0.15, 0.2) is 51.7 Å². The Kier molecular flexibility index (Phi) is 2.98. The van der Waals surface area contributed by atoms with Gasteiger partial charge in [-0.2, -0.15) is 5.26 Å². The molecule has 0 radical (unpaired) electrons. The van der Waals surface area contributed by atoms with E-state index in [9.17, 15) is 4.79 Å². The van der Waals surface area contributed by atoms with Crippen LogP contribution >= 0.6 is 0 Å². The van der Waals surface area contributed by atoms with Crippen LogP contribution in [0.2, 0.25) is 0 Å². The number of nitriles is 1. The van der Waals surface area contributed by atoms with Crippen LogP contribution in [0.25, 0.3) is 11.0 Å². The smallest absolute Gasteiger partial charge is 0.232 e. The highest BCUT2D eigenvalue weighted by Crippen LogP contribution is 2.27. The molecule has 20 heavy (non-hydrogen) atoms. The predicted molar refractivity (Wildman–Crippen MR) is 69.5 cm³/mol. The molecule has 0 atom stereocenters. The number of hydrogen-bond donors (Lipinski definition) is 0. The molecular formula is C15H9NO4. The number of ether oxygens (including phenoxy) is 1. The van der Waals surface area contributed by atoms with Gasteiger partial charge in [-0.1, -0.05) is 0 Å². The Morgan fingerprint density at radius 2 is 2.20 bits per heavy atom. The Morgan fingerprint density at radius 1 is 1.30 bits per heavy atom. The van der Waals surface area contributed by atoms with Crippen LogP contribution in [0.1, 0.15) is 16.1 Å². The van der Waals surface area contributed by atoms with Crippen LogP contribution in [-0.4, -0.2) is 12.4 Å². The third-order valence-electron chi connectivity index (χ3n) is 2.84. The van der Waals surface area contributed by atoms with Crippen LogP contribution in [0.3, 0.4) is 0 Å². The molecule has 0 amide bonds. The zero-order valence-corrected chi connectivity index (χ0v) is 10.3. The monoisotopic (exact) mass is 267 g/mol. The first-order chi connectivity index (χ1) is 9.79. The van der Waals surface area contributed by atoms with Gasteiger partial charge in [0.1, 0.15) is 23.7 Å². The Balaban J connectivity index is 2.03. The molecule has 0 saturated heterocycles. The van der Waals surface area contributed by atoms with Crippen LogP contribution in [0.5, 0.6) is 5.75 Å². The van der Waals surface area contributed by atoms with Crippen molar-refractivity contribution < 1.29 is 18.4 Å². The molecule has 0 saturated carbocycles. The fourth-order valence-electron chi connectivity index (χ4n) is 1.93. The van der Waals surface area contributed by atoms with Gasteiger partial charge < -0.3 is 13.6 Å². The van der Waals surface area contributed by atoms with Crippen molar-refractivity contribution in [3.05, 3.63) is 54.2 Å². The predicted octanol–water partition coefficient (Wildman–Crippen LogP) is 3.16. The lowest BCUT2D eigenvalue weighted by atomic mass is 10.1. The van der Waals surface area contributed by atoms with E-state index < -0.39 is 0 Å². The molecule has 2 aromatic heterocycles. The first kappa shape index (κ1) is 12.1. The van der Waals surface area contributed by atoms with Crippen LogP contribution in [-0.2, 0) is 0 Å². The second-order valence-corrected chi connectivity index (χ2v) is 4.06. The number of furan rings is 2. The van der Waals surface area contributed by atoms with E-state index in [1.54, 1.807) is 30.3 Å². The number of benzene rings is 1. The molecule has 0 spiro atoms. The summed E-state index contributed by atoms with van der Waals surface area (Å²) < 4.78 is 15.7. The van der Waals surface area contributed by atoms with E-state index in [1.165, 1.54) is 12.5 Å². The standard InChI is InChI=1S/C15H9NO4/c16-5-7-18-10-3-4-13-11(8-10)12(9-20-13)15(17)14-2-1-6-19-14/h1-4,6,8-9H,7H2. The minimum atomic E-state index is -0.258. The van der Waals surface area contributed by atoms with Gasteiger partial charge in [0.05, 0.1) is 11.8 Å². The van der Waals surface area contributed by atoms with Gasteiger partial charge in [-0.05, 0) is 30.3 Å². The number of hydrogen-bond acceptors (Lipinski definition) is 5. The van der Waals surface area contributed by atoms with E-state index in [1.807, 2.05) is 6.07 Å². The summed E-state index contributed by atoms with van der Waals surface area (Å²) in [6.07, 6.45) is 2.83. The molecule has 5 heteroatoms. The van der Waals surface area contributed by atoms with E-state index in [2.05, 4.69) is 0 Å². The number of nitrogens with zero attached hydrogens (tertiary/aromatic N) is 1. The molecule has 98 valence electrons. The second-order valence-electron chi connectivity index (χ2n) is 4.06. The highest BCUT2D eigenvalue weighted by molar-refractivity contribution is 6.14. The van der Waals surface area contributed by atoms with Crippen molar-refractivity contribution in [1.82, 2.24) is 0 Å². The zero-order valence-electron chi connectivity index (χ0n) is 10.3. The van der Waals surface area contributed by atoms with Gasteiger partial charge in [-0.15, -0.1) is 0 Å². The minimum absolute atomic E-state index is 0.0508. The number of carbonyl (C=O) groups is 1. The van der Waals surface area contributed by atoms with E-state index in [4.69, 9.17) is 18.8 Å². The SMILES string of the molecule is N#CCOc1ccc2occ(C(=O)c3ccco3)c2c1.